The minimum absolute atomic E-state index is 0.126. The Morgan fingerprint density at radius 2 is 0.677 bits per heavy atom. The average molecular weight is 413 g/mol. The summed E-state index contributed by atoms with van der Waals surface area (Å²) in [4.78, 5) is 0. The number of benzene rings is 3. The molecule has 3 rings (SSSR count). The van der Waals surface area contributed by atoms with Crippen molar-refractivity contribution in [3.63, 3.8) is 0 Å². The first-order chi connectivity index (χ1) is 14.3. The summed E-state index contributed by atoms with van der Waals surface area (Å²) >= 11 is 0. The number of hydrogen-bond donors (Lipinski definition) is 0. The van der Waals surface area contributed by atoms with Crippen molar-refractivity contribution in [2.45, 2.75) is 84.5 Å². The van der Waals surface area contributed by atoms with Crippen LogP contribution in [-0.4, -0.2) is 0 Å². The molecule has 3 aromatic carbocycles. The molecule has 0 aliphatic rings. The first kappa shape index (κ1) is 23.3. The monoisotopic (exact) mass is 412 g/mol. The van der Waals surface area contributed by atoms with Crippen LogP contribution in [0.15, 0.2) is 72.8 Å². The van der Waals surface area contributed by atoms with Crippen molar-refractivity contribution in [2.24, 2.45) is 0 Å². The van der Waals surface area contributed by atoms with E-state index in [9.17, 15) is 0 Å². The Balaban J connectivity index is 2.24. The van der Waals surface area contributed by atoms with E-state index in [0.29, 0.717) is 0 Å². The zero-order valence-electron chi connectivity index (χ0n) is 21.0. The summed E-state index contributed by atoms with van der Waals surface area (Å²) < 4.78 is 0. The second-order valence-corrected chi connectivity index (χ2v) is 12.1. The van der Waals surface area contributed by atoms with Crippen molar-refractivity contribution in [3.8, 4) is 0 Å². The number of hydrogen-bond acceptors (Lipinski definition) is 0. The Bertz CT molecular complexity index is 896. The highest BCUT2D eigenvalue weighted by molar-refractivity contribution is 5.48. The lowest BCUT2D eigenvalue weighted by atomic mass is 9.77. The van der Waals surface area contributed by atoms with Gasteiger partial charge in [-0.1, -0.05) is 135 Å². The molecule has 31 heavy (non-hydrogen) atoms. The molecule has 0 unspecified atom stereocenters. The van der Waals surface area contributed by atoms with Crippen molar-refractivity contribution >= 4 is 0 Å². The predicted octanol–water partition coefficient (Wildman–Crippen LogP) is 8.76. The molecule has 0 aliphatic heterocycles. The summed E-state index contributed by atoms with van der Waals surface area (Å²) in [5.41, 5.74) is 8.62. The van der Waals surface area contributed by atoms with Gasteiger partial charge in [0.25, 0.3) is 0 Å². The van der Waals surface area contributed by atoms with Crippen LogP contribution in [-0.2, 0) is 16.2 Å². The molecule has 0 aliphatic carbocycles. The molecule has 3 aromatic rings. The van der Waals surface area contributed by atoms with E-state index in [4.69, 9.17) is 0 Å². The summed E-state index contributed by atoms with van der Waals surface area (Å²) in [6, 6.07) is 27.6. The molecule has 0 fully saturated rings. The van der Waals surface area contributed by atoms with Crippen LogP contribution in [0.2, 0.25) is 0 Å². The highest BCUT2D eigenvalue weighted by Crippen LogP contribution is 2.37. The zero-order valence-corrected chi connectivity index (χ0v) is 21.0. The van der Waals surface area contributed by atoms with Gasteiger partial charge in [0.1, 0.15) is 0 Å². The van der Waals surface area contributed by atoms with Gasteiger partial charge in [0, 0.05) is 5.92 Å². The Morgan fingerprint density at radius 3 is 0.903 bits per heavy atom. The quantitative estimate of drug-likeness (QED) is 0.377. The van der Waals surface area contributed by atoms with Crippen LogP contribution in [0.1, 0.15) is 102 Å². The largest absolute Gasteiger partial charge is 0.0617 e. The van der Waals surface area contributed by atoms with Crippen LogP contribution in [0, 0.1) is 0 Å². The summed E-state index contributed by atoms with van der Waals surface area (Å²) in [7, 11) is 0. The van der Waals surface area contributed by atoms with Gasteiger partial charge in [-0.15, -0.1) is 0 Å². The molecule has 0 spiro atoms. The van der Waals surface area contributed by atoms with Gasteiger partial charge >= 0.3 is 0 Å². The van der Waals surface area contributed by atoms with E-state index in [2.05, 4.69) is 135 Å². The molecule has 0 radical (unpaired) electrons. The molecule has 0 saturated heterocycles. The molecule has 164 valence electrons. The van der Waals surface area contributed by atoms with Crippen LogP contribution in [0.4, 0.5) is 0 Å². The molecular formula is C31H40. The van der Waals surface area contributed by atoms with Crippen molar-refractivity contribution in [2.75, 3.05) is 0 Å². The normalized spacial score (nSPS) is 13.0. The Labute approximate surface area is 190 Å². The Hall–Kier alpha value is -2.34. The second kappa shape index (κ2) is 8.30. The van der Waals surface area contributed by atoms with Gasteiger partial charge in [-0.25, -0.2) is 0 Å². The van der Waals surface area contributed by atoms with Gasteiger partial charge < -0.3 is 0 Å². The van der Waals surface area contributed by atoms with Crippen molar-refractivity contribution < 1.29 is 0 Å². The Morgan fingerprint density at radius 1 is 0.419 bits per heavy atom. The van der Waals surface area contributed by atoms with Crippen LogP contribution in [0.5, 0.6) is 0 Å². The number of rotatable bonds is 3. The fourth-order valence-electron chi connectivity index (χ4n) is 4.13. The third kappa shape index (κ3) is 5.48. The van der Waals surface area contributed by atoms with E-state index >= 15 is 0 Å². The standard InChI is InChI=1S/C31H40/c1-29(2,3)25-16-10-13-22(19-25)28(23-14-11-17-26(20-23)30(4,5)6)24-15-12-18-27(21-24)31(7,8)9/h10-21,28H,1-9H3. The molecule has 0 heteroatoms. The van der Waals surface area contributed by atoms with Crippen molar-refractivity contribution in [1.82, 2.24) is 0 Å². The van der Waals surface area contributed by atoms with Crippen molar-refractivity contribution in [1.29, 1.82) is 0 Å². The maximum atomic E-state index is 2.41. The van der Waals surface area contributed by atoms with Gasteiger partial charge in [0.15, 0.2) is 0 Å². The minimum Gasteiger partial charge on any atom is -0.0617 e. The van der Waals surface area contributed by atoms with E-state index in [1.165, 1.54) is 33.4 Å². The lowest BCUT2D eigenvalue weighted by Gasteiger charge is -2.27. The smallest absolute Gasteiger partial charge is 0.0340 e. The van der Waals surface area contributed by atoms with E-state index in [0.717, 1.165) is 0 Å². The molecule has 0 N–H and O–H groups in total. The maximum Gasteiger partial charge on any atom is 0.0340 e. The van der Waals surface area contributed by atoms with Crippen LogP contribution >= 0.6 is 0 Å². The molecule has 0 nitrogen and oxygen atoms in total. The Kier molecular flexibility index (Phi) is 6.25. The summed E-state index contributed by atoms with van der Waals surface area (Å²) in [6.07, 6.45) is 0. The van der Waals surface area contributed by atoms with Crippen molar-refractivity contribution in [3.05, 3.63) is 106 Å². The lowest BCUT2D eigenvalue weighted by molar-refractivity contribution is 0.587. The fraction of sp³-hybridized carbons (Fsp3) is 0.419. The van der Waals surface area contributed by atoms with Crippen LogP contribution in [0.3, 0.4) is 0 Å². The van der Waals surface area contributed by atoms with Crippen LogP contribution in [0.25, 0.3) is 0 Å². The fourth-order valence-corrected chi connectivity index (χ4v) is 4.13. The summed E-state index contributed by atoms with van der Waals surface area (Å²) in [6.45, 7) is 20.6. The molecule has 0 amide bonds. The first-order valence-corrected chi connectivity index (χ1v) is 11.6. The summed E-state index contributed by atoms with van der Waals surface area (Å²) in [5.74, 6) is 0.215. The minimum atomic E-state index is 0.126. The second-order valence-electron chi connectivity index (χ2n) is 12.1. The topological polar surface area (TPSA) is 0 Å². The molecule has 0 saturated carbocycles. The van der Waals surface area contributed by atoms with E-state index in [1.807, 2.05) is 0 Å². The van der Waals surface area contributed by atoms with E-state index in [-0.39, 0.29) is 22.2 Å². The van der Waals surface area contributed by atoms with Gasteiger partial charge in [-0.2, -0.15) is 0 Å². The van der Waals surface area contributed by atoms with Crippen LogP contribution < -0.4 is 0 Å². The highest BCUT2D eigenvalue weighted by Gasteiger charge is 2.23. The molecular weight excluding hydrogens is 372 g/mol. The SMILES string of the molecule is CC(C)(C)c1cccc(C(c2cccc(C(C)(C)C)c2)c2cccc(C(C)(C)C)c2)c1. The molecule has 0 aromatic heterocycles. The highest BCUT2D eigenvalue weighted by atomic mass is 14.3. The maximum absolute atomic E-state index is 2.41. The average Bonchev–Trinajstić information content (AvgIpc) is 2.67. The zero-order chi connectivity index (χ0) is 23.0. The van der Waals surface area contributed by atoms with Gasteiger partial charge in [0.05, 0.1) is 0 Å². The van der Waals surface area contributed by atoms with Gasteiger partial charge in [0.2, 0.25) is 0 Å². The van der Waals surface area contributed by atoms with E-state index < -0.39 is 0 Å². The summed E-state index contributed by atoms with van der Waals surface area (Å²) in [5, 5.41) is 0. The molecule has 0 heterocycles. The third-order valence-electron chi connectivity index (χ3n) is 6.26. The van der Waals surface area contributed by atoms with Gasteiger partial charge in [-0.05, 0) is 49.6 Å². The first-order valence-electron chi connectivity index (χ1n) is 11.6. The molecule has 0 bridgehead atoms. The third-order valence-corrected chi connectivity index (χ3v) is 6.26. The lowest BCUT2D eigenvalue weighted by Crippen LogP contribution is -2.15. The predicted molar refractivity (Wildman–Crippen MR) is 136 cm³/mol. The van der Waals surface area contributed by atoms with Gasteiger partial charge in [-0.3, -0.25) is 0 Å². The van der Waals surface area contributed by atoms with E-state index in [1.54, 1.807) is 0 Å². The molecule has 0 atom stereocenters.